The van der Waals surface area contributed by atoms with Crippen molar-refractivity contribution in [1.29, 1.82) is 0 Å². The van der Waals surface area contributed by atoms with Crippen LogP contribution in [0.15, 0.2) is 28.9 Å². The van der Waals surface area contributed by atoms with E-state index in [1.807, 2.05) is 19.3 Å². The highest BCUT2D eigenvalue weighted by atomic mass is 16.4. The Hall–Kier alpha value is -1.75. The van der Waals surface area contributed by atoms with Gasteiger partial charge in [0.1, 0.15) is 0 Å². The van der Waals surface area contributed by atoms with Gasteiger partial charge in [0.05, 0.1) is 6.04 Å². The van der Waals surface area contributed by atoms with Crippen molar-refractivity contribution < 1.29 is 4.42 Å². The molecule has 0 spiro atoms. The summed E-state index contributed by atoms with van der Waals surface area (Å²) in [6.45, 7) is 6.14. The van der Waals surface area contributed by atoms with Crippen LogP contribution in [-0.2, 0) is 0 Å². The molecule has 0 amide bonds. The van der Waals surface area contributed by atoms with Crippen molar-refractivity contribution in [2.75, 3.05) is 13.1 Å². The molecule has 3 heterocycles. The molecule has 112 valence electrons. The molecule has 5 nitrogen and oxygen atoms in total. The number of nitrogens with zero attached hydrogens (tertiary/aromatic N) is 4. The van der Waals surface area contributed by atoms with Gasteiger partial charge in [-0.1, -0.05) is 0 Å². The molecule has 5 heteroatoms. The van der Waals surface area contributed by atoms with Gasteiger partial charge in [-0.2, -0.15) is 0 Å². The molecular weight excluding hydrogens is 264 g/mol. The van der Waals surface area contributed by atoms with Crippen LogP contribution in [0.2, 0.25) is 0 Å². The molecule has 0 saturated carbocycles. The molecule has 0 bridgehead atoms. The molecule has 3 rings (SSSR count). The van der Waals surface area contributed by atoms with Crippen molar-refractivity contribution in [2.45, 2.75) is 45.1 Å². The van der Waals surface area contributed by atoms with Gasteiger partial charge in [-0.3, -0.25) is 9.88 Å². The highest BCUT2D eigenvalue weighted by molar-refractivity contribution is 5.16. The number of rotatable bonds is 3. The van der Waals surface area contributed by atoms with Crippen molar-refractivity contribution in [3.8, 4) is 0 Å². The molecule has 21 heavy (non-hydrogen) atoms. The lowest BCUT2D eigenvalue weighted by Gasteiger charge is -2.24. The van der Waals surface area contributed by atoms with E-state index in [-0.39, 0.29) is 6.04 Å². The molecular formula is C16H22N4O. The average molecular weight is 286 g/mol. The second-order valence-corrected chi connectivity index (χ2v) is 5.78. The van der Waals surface area contributed by atoms with E-state index in [9.17, 15) is 0 Å². The van der Waals surface area contributed by atoms with Crippen LogP contribution >= 0.6 is 0 Å². The third-order valence-corrected chi connectivity index (χ3v) is 4.39. The first-order valence-electron chi connectivity index (χ1n) is 7.68. The minimum Gasteiger partial charge on any atom is -0.424 e. The number of aryl methyl sites for hydroxylation is 1. The van der Waals surface area contributed by atoms with Crippen molar-refractivity contribution >= 4 is 0 Å². The monoisotopic (exact) mass is 286 g/mol. The quantitative estimate of drug-likeness (QED) is 0.867. The maximum atomic E-state index is 5.58. The predicted octanol–water partition coefficient (Wildman–Crippen LogP) is 3.10. The zero-order valence-electron chi connectivity index (χ0n) is 12.7. The molecule has 0 N–H and O–H groups in total. The molecule has 1 aliphatic heterocycles. The lowest BCUT2D eigenvalue weighted by molar-refractivity contribution is 0.187. The van der Waals surface area contributed by atoms with Crippen LogP contribution < -0.4 is 0 Å². The van der Waals surface area contributed by atoms with Gasteiger partial charge in [0.15, 0.2) is 0 Å². The van der Waals surface area contributed by atoms with E-state index in [4.69, 9.17) is 4.42 Å². The third kappa shape index (κ3) is 3.29. The highest BCUT2D eigenvalue weighted by Crippen LogP contribution is 2.30. The fraction of sp³-hybridized carbons (Fsp3) is 0.562. The lowest BCUT2D eigenvalue weighted by atomic mass is 9.93. The van der Waals surface area contributed by atoms with Crippen molar-refractivity contribution in [3.05, 3.63) is 41.9 Å². The van der Waals surface area contributed by atoms with E-state index in [0.29, 0.717) is 11.8 Å². The average Bonchev–Trinajstić information content (AvgIpc) is 2.81. The van der Waals surface area contributed by atoms with Gasteiger partial charge in [0.25, 0.3) is 0 Å². The Morgan fingerprint density at radius 3 is 2.71 bits per heavy atom. The topological polar surface area (TPSA) is 55.1 Å². The minimum absolute atomic E-state index is 0.197. The largest absolute Gasteiger partial charge is 0.424 e. The van der Waals surface area contributed by atoms with Crippen LogP contribution in [0.25, 0.3) is 0 Å². The van der Waals surface area contributed by atoms with Gasteiger partial charge in [-0.05, 0) is 62.9 Å². The summed E-state index contributed by atoms with van der Waals surface area (Å²) in [6.07, 6.45) is 7.38. The molecule has 2 aromatic rings. The van der Waals surface area contributed by atoms with E-state index < -0.39 is 0 Å². The molecule has 0 aromatic carbocycles. The summed E-state index contributed by atoms with van der Waals surface area (Å²) in [4.78, 5) is 6.56. The SMILES string of the molecule is Cc1nnc(C(C)N2CCCC(c3ccncc3)CC2)o1. The van der Waals surface area contributed by atoms with Crippen molar-refractivity contribution in [1.82, 2.24) is 20.1 Å². The van der Waals surface area contributed by atoms with E-state index in [2.05, 4.69) is 39.1 Å². The summed E-state index contributed by atoms with van der Waals surface area (Å²) in [7, 11) is 0. The van der Waals surface area contributed by atoms with Crippen LogP contribution in [0.1, 0.15) is 55.5 Å². The Balaban J connectivity index is 1.65. The van der Waals surface area contributed by atoms with E-state index >= 15 is 0 Å². The van der Waals surface area contributed by atoms with Crippen LogP contribution in [-0.4, -0.2) is 33.2 Å². The van der Waals surface area contributed by atoms with Gasteiger partial charge >= 0.3 is 0 Å². The third-order valence-electron chi connectivity index (χ3n) is 4.39. The predicted molar refractivity (Wildman–Crippen MR) is 79.9 cm³/mol. The zero-order valence-corrected chi connectivity index (χ0v) is 12.7. The second-order valence-electron chi connectivity index (χ2n) is 5.78. The fourth-order valence-corrected chi connectivity index (χ4v) is 3.11. The van der Waals surface area contributed by atoms with Crippen LogP contribution in [0.4, 0.5) is 0 Å². The first kappa shape index (κ1) is 14.2. The number of hydrogen-bond acceptors (Lipinski definition) is 5. The number of aromatic nitrogens is 3. The summed E-state index contributed by atoms with van der Waals surface area (Å²) in [5, 5.41) is 8.10. The lowest BCUT2D eigenvalue weighted by Crippen LogP contribution is -2.28. The first-order valence-corrected chi connectivity index (χ1v) is 7.68. The summed E-state index contributed by atoms with van der Waals surface area (Å²) >= 11 is 0. The normalized spacial score (nSPS) is 21.9. The minimum atomic E-state index is 0.197. The van der Waals surface area contributed by atoms with Gasteiger partial charge in [-0.15, -0.1) is 10.2 Å². The number of pyridine rings is 1. The number of hydrogen-bond donors (Lipinski definition) is 0. The Kier molecular flexibility index (Phi) is 4.29. The molecule has 1 aliphatic rings. The van der Waals surface area contributed by atoms with Crippen LogP contribution in [0, 0.1) is 6.92 Å². The summed E-state index contributed by atoms with van der Waals surface area (Å²) < 4.78 is 5.58. The van der Waals surface area contributed by atoms with Crippen molar-refractivity contribution in [3.63, 3.8) is 0 Å². The maximum Gasteiger partial charge on any atom is 0.233 e. The number of likely N-dealkylation sites (tertiary alicyclic amines) is 1. The second kappa shape index (κ2) is 6.35. The molecule has 0 aliphatic carbocycles. The smallest absolute Gasteiger partial charge is 0.233 e. The van der Waals surface area contributed by atoms with E-state index in [1.165, 1.54) is 24.8 Å². The summed E-state index contributed by atoms with van der Waals surface area (Å²) in [5.74, 6) is 2.01. The van der Waals surface area contributed by atoms with Crippen molar-refractivity contribution in [2.24, 2.45) is 0 Å². The summed E-state index contributed by atoms with van der Waals surface area (Å²) in [6, 6.07) is 4.48. The Labute approximate surface area is 125 Å². The molecule has 1 saturated heterocycles. The Bertz CT molecular complexity index is 569. The standard InChI is InChI=1S/C16H22N4O/c1-12(16-19-18-13(2)21-16)20-10-3-4-14(7-11-20)15-5-8-17-9-6-15/h5-6,8-9,12,14H,3-4,7,10-11H2,1-2H3. The molecule has 2 aromatic heterocycles. The van der Waals surface area contributed by atoms with Gasteiger partial charge in [0.2, 0.25) is 11.8 Å². The molecule has 2 unspecified atom stereocenters. The van der Waals surface area contributed by atoms with E-state index in [0.717, 1.165) is 19.0 Å². The Morgan fingerprint density at radius 1 is 1.19 bits per heavy atom. The molecule has 2 atom stereocenters. The highest BCUT2D eigenvalue weighted by Gasteiger charge is 2.25. The zero-order chi connectivity index (χ0) is 14.7. The Morgan fingerprint density at radius 2 is 2.00 bits per heavy atom. The van der Waals surface area contributed by atoms with Gasteiger partial charge < -0.3 is 4.42 Å². The maximum absolute atomic E-state index is 5.58. The van der Waals surface area contributed by atoms with E-state index in [1.54, 1.807) is 0 Å². The van der Waals surface area contributed by atoms with Gasteiger partial charge in [0, 0.05) is 19.3 Å². The fourth-order valence-electron chi connectivity index (χ4n) is 3.11. The first-order chi connectivity index (χ1) is 10.2. The molecule has 1 fully saturated rings. The van der Waals surface area contributed by atoms with Crippen LogP contribution in [0.3, 0.4) is 0 Å². The van der Waals surface area contributed by atoms with Crippen LogP contribution in [0.5, 0.6) is 0 Å². The molecule has 0 radical (unpaired) electrons. The summed E-state index contributed by atoms with van der Waals surface area (Å²) in [5.41, 5.74) is 1.41. The van der Waals surface area contributed by atoms with Gasteiger partial charge in [-0.25, -0.2) is 0 Å².